The maximum absolute atomic E-state index is 12.7. The lowest BCUT2D eigenvalue weighted by molar-refractivity contribution is -0.140. The lowest BCUT2D eigenvalue weighted by Gasteiger charge is -2.26. The van der Waals surface area contributed by atoms with E-state index in [2.05, 4.69) is 6.92 Å². The van der Waals surface area contributed by atoms with Crippen LogP contribution in [0.4, 0.5) is 5.69 Å². The fourth-order valence-electron chi connectivity index (χ4n) is 3.86. The normalized spacial score (nSPS) is 25.7. The van der Waals surface area contributed by atoms with Crippen LogP contribution in [0.2, 0.25) is 0 Å². The Balaban J connectivity index is 1.81. The van der Waals surface area contributed by atoms with Crippen LogP contribution in [0.5, 0.6) is 5.75 Å². The van der Waals surface area contributed by atoms with E-state index in [1.165, 1.54) is 16.7 Å². The van der Waals surface area contributed by atoms with Crippen LogP contribution in [-0.2, 0) is 14.4 Å². The van der Waals surface area contributed by atoms with Crippen LogP contribution in [0.3, 0.4) is 0 Å². The van der Waals surface area contributed by atoms with Crippen molar-refractivity contribution in [3.05, 3.63) is 24.3 Å². The van der Waals surface area contributed by atoms with E-state index >= 15 is 0 Å². The zero-order valence-electron chi connectivity index (χ0n) is 14.9. The number of rotatable bonds is 4. The van der Waals surface area contributed by atoms with Crippen molar-refractivity contribution in [2.75, 3.05) is 18.7 Å². The lowest BCUT2D eigenvalue weighted by Crippen LogP contribution is -2.44. The summed E-state index contributed by atoms with van der Waals surface area (Å²) in [5, 5.41) is 0. The number of ether oxygens (including phenoxy) is 1. The fourth-order valence-corrected chi connectivity index (χ4v) is 3.86. The first kappa shape index (κ1) is 17.5. The Bertz CT molecular complexity index is 685. The van der Waals surface area contributed by atoms with Crippen molar-refractivity contribution in [1.29, 1.82) is 0 Å². The molecule has 2 fully saturated rings. The highest BCUT2D eigenvalue weighted by Gasteiger charge is 2.49. The minimum Gasteiger partial charge on any atom is -0.497 e. The van der Waals surface area contributed by atoms with E-state index in [4.69, 9.17) is 4.74 Å². The third kappa shape index (κ3) is 3.25. The van der Waals surface area contributed by atoms with Gasteiger partial charge in [-0.05, 0) is 49.4 Å². The Hall–Kier alpha value is -2.37. The molecule has 1 aliphatic carbocycles. The number of imide groups is 1. The molecule has 0 bridgehead atoms. The number of methoxy groups -OCH3 is 1. The molecule has 3 atom stereocenters. The molecule has 6 nitrogen and oxygen atoms in total. The van der Waals surface area contributed by atoms with Crippen LogP contribution in [0.15, 0.2) is 24.3 Å². The van der Waals surface area contributed by atoms with Crippen molar-refractivity contribution in [2.24, 2.45) is 17.8 Å². The van der Waals surface area contributed by atoms with Gasteiger partial charge in [-0.3, -0.25) is 24.2 Å². The van der Waals surface area contributed by atoms with Gasteiger partial charge in [0.25, 0.3) is 0 Å². The molecule has 0 N–H and O–H groups in total. The molecule has 2 aliphatic rings. The van der Waals surface area contributed by atoms with Crippen LogP contribution < -0.4 is 9.64 Å². The number of amides is 3. The number of likely N-dealkylation sites (tertiary alicyclic amines) is 1. The monoisotopic (exact) mass is 344 g/mol. The number of fused-ring (bicyclic) bond motifs is 1. The number of nitrogens with zero attached hydrogens (tertiary/aromatic N) is 2. The number of hydrogen-bond acceptors (Lipinski definition) is 4. The molecule has 3 rings (SSSR count). The number of hydrogen-bond donors (Lipinski definition) is 0. The molecule has 134 valence electrons. The zero-order valence-corrected chi connectivity index (χ0v) is 14.9. The van der Waals surface area contributed by atoms with Crippen LogP contribution >= 0.6 is 0 Å². The van der Waals surface area contributed by atoms with Gasteiger partial charge < -0.3 is 4.74 Å². The Morgan fingerprint density at radius 3 is 2.40 bits per heavy atom. The summed E-state index contributed by atoms with van der Waals surface area (Å²) in [6.45, 7) is 3.53. The molecular weight excluding hydrogens is 320 g/mol. The lowest BCUT2D eigenvalue weighted by atomic mass is 9.76. The quantitative estimate of drug-likeness (QED) is 0.787. The predicted octanol–water partition coefficient (Wildman–Crippen LogP) is 2.43. The molecule has 1 aliphatic heterocycles. The van der Waals surface area contributed by atoms with Crippen molar-refractivity contribution in [3.8, 4) is 5.75 Å². The summed E-state index contributed by atoms with van der Waals surface area (Å²) in [4.78, 5) is 40.3. The van der Waals surface area contributed by atoms with Crippen LogP contribution in [0, 0.1) is 17.8 Å². The van der Waals surface area contributed by atoms with Gasteiger partial charge in [-0.15, -0.1) is 0 Å². The van der Waals surface area contributed by atoms with Gasteiger partial charge in [0.2, 0.25) is 17.7 Å². The number of carbonyl (C=O) groups is 3. The molecule has 1 saturated heterocycles. The molecule has 0 radical (unpaired) electrons. The Labute approximate surface area is 147 Å². The van der Waals surface area contributed by atoms with Crippen molar-refractivity contribution in [1.82, 2.24) is 4.90 Å². The van der Waals surface area contributed by atoms with E-state index in [0.717, 1.165) is 19.3 Å². The molecule has 1 heterocycles. The number of benzene rings is 1. The summed E-state index contributed by atoms with van der Waals surface area (Å²) in [6.07, 6.45) is 2.49. The molecule has 1 aromatic rings. The molecular formula is C19H24N2O4. The second-order valence-corrected chi connectivity index (χ2v) is 7.02. The van der Waals surface area contributed by atoms with E-state index < -0.39 is 0 Å². The first-order chi connectivity index (χ1) is 11.9. The van der Waals surface area contributed by atoms with E-state index in [0.29, 0.717) is 17.4 Å². The van der Waals surface area contributed by atoms with Gasteiger partial charge in [0.15, 0.2) is 0 Å². The largest absolute Gasteiger partial charge is 0.497 e. The van der Waals surface area contributed by atoms with Crippen LogP contribution in [0.1, 0.15) is 33.1 Å². The van der Waals surface area contributed by atoms with Gasteiger partial charge in [-0.1, -0.05) is 6.92 Å². The average Bonchev–Trinajstić information content (AvgIpc) is 2.83. The van der Waals surface area contributed by atoms with Crippen LogP contribution in [-0.4, -0.2) is 36.4 Å². The molecule has 0 spiro atoms. The summed E-state index contributed by atoms with van der Waals surface area (Å²) in [6, 6.07) is 7.00. The van der Waals surface area contributed by atoms with Gasteiger partial charge in [0.05, 0.1) is 18.9 Å². The SMILES string of the molecule is COc1ccc(N(CN2C(=O)[C@H]3C[C@@H](C)CC[C@H]3C2=O)C(C)=O)cc1. The van der Waals surface area contributed by atoms with E-state index in [1.807, 2.05) is 0 Å². The minimum absolute atomic E-state index is 0.0271. The van der Waals surface area contributed by atoms with Gasteiger partial charge >= 0.3 is 0 Å². The zero-order chi connectivity index (χ0) is 18.1. The standard InChI is InChI=1S/C19H24N2O4/c1-12-4-9-16-17(10-12)19(24)21(18(16)23)11-20(13(2)22)14-5-7-15(25-3)8-6-14/h5-8,12,16-17H,4,9-11H2,1-3H3/t12-,16+,17-/m0/s1. The highest BCUT2D eigenvalue weighted by molar-refractivity contribution is 6.06. The molecule has 1 saturated carbocycles. The predicted molar refractivity (Wildman–Crippen MR) is 92.9 cm³/mol. The van der Waals surface area contributed by atoms with E-state index in [9.17, 15) is 14.4 Å². The molecule has 3 amide bonds. The van der Waals surface area contributed by atoms with Crippen molar-refractivity contribution in [2.45, 2.75) is 33.1 Å². The maximum Gasteiger partial charge on any atom is 0.234 e. The topological polar surface area (TPSA) is 66.9 Å². The molecule has 0 aromatic heterocycles. The molecule has 25 heavy (non-hydrogen) atoms. The molecule has 1 aromatic carbocycles. The summed E-state index contributed by atoms with van der Waals surface area (Å²) in [5.41, 5.74) is 0.636. The first-order valence-corrected chi connectivity index (χ1v) is 8.69. The first-order valence-electron chi connectivity index (χ1n) is 8.69. The van der Waals surface area contributed by atoms with E-state index in [-0.39, 0.29) is 36.2 Å². The van der Waals surface area contributed by atoms with Gasteiger partial charge in [-0.2, -0.15) is 0 Å². The second kappa shape index (κ2) is 6.86. The minimum atomic E-state index is -0.221. The highest BCUT2D eigenvalue weighted by Crippen LogP contribution is 2.40. The summed E-state index contributed by atoms with van der Waals surface area (Å²) < 4.78 is 5.13. The smallest absolute Gasteiger partial charge is 0.234 e. The van der Waals surface area contributed by atoms with Crippen molar-refractivity contribution >= 4 is 23.4 Å². The second-order valence-electron chi connectivity index (χ2n) is 7.02. The Kier molecular flexibility index (Phi) is 4.79. The Morgan fingerprint density at radius 1 is 1.16 bits per heavy atom. The number of carbonyl (C=O) groups excluding carboxylic acids is 3. The highest BCUT2D eigenvalue weighted by atomic mass is 16.5. The van der Waals surface area contributed by atoms with Crippen LogP contribution in [0.25, 0.3) is 0 Å². The third-order valence-corrected chi connectivity index (χ3v) is 5.33. The molecule has 0 unspecified atom stereocenters. The third-order valence-electron chi connectivity index (χ3n) is 5.33. The maximum atomic E-state index is 12.7. The summed E-state index contributed by atoms with van der Waals surface area (Å²) >= 11 is 0. The summed E-state index contributed by atoms with van der Waals surface area (Å²) in [7, 11) is 1.57. The van der Waals surface area contributed by atoms with Gasteiger partial charge in [-0.25, -0.2) is 0 Å². The average molecular weight is 344 g/mol. The van der Waals surface area contributed by atoms with Gasteiger partial charge in [0, 0.05) is 12.6 Å². The Morgan fingerprint density at radius 2 is 1.80 bits per heavy atom. The summed E-state index contributed by atoms with van der Waals surface area (Å²) in [5.74, 6) is 0.218. The van der Waals surface area contributed by atoms with Crippen molar-refractivity contribution in [3.63, 3.8) is 0 Å². The van der Waals surface area contributed by atoms with Gasteiger partial charge in [0.1, 0.15) is 12.4 Å². The fraction of sp³-hybridized carbons (Fsp3) is 0.526. The van der Waals surface area contributed by atoms with Crippen molar-refractivity contribution < 1.29 is 19.1 Å². The van der Waals surface area contributed by atoms with E-state index in [1.54, 1.807) is 31.4 Å². The molecule has 6 heteroatoms. The number of anilines is 1.